The second-order valence-corrected chi connectivity index (χ2v) is 4.16. The van der Waals surface area contributed by atoms with Crippen molar-refractivity contribution in [3.05, 3.63) is 22.9 Å². The number of hydrogen-bond donors (Lipinski definition) is 0. The summed E-state index contributed by atoms with van der Waals surface area (Å²) in [6.07, 6.45) is 4.65. The summed E-state index contributed by atoms with van der Waals surface area (Å²) < 4.78 is 0.661. The summed E-state index contributed by atoms with van der Waals surface area (Å²) in [4.78, 5) is 28.4. The van der Waals surface area contributed by atoms with E-state index in [2.05, 4.69) is 20.9 Å². The second kappa shape index (κ2) is 4.10. The number of piperidine rings is 1. The van der Waals surface area contributed by atoms with Gasteiger partial charge in [-0.25, -0.2) is 4.90 Å². The van der Waals surface area contributed by atoms with E-state index >= 15 is 0 Å². The van der Waals surface area contributed by atoms with Crippen molar-refractivity contribution < 1.29 is 9.59 Å². The summed E-state index contributed by atoms with van der Waals surface area (Å²) >= 11 is 3.28. The molecule has 1 aromatic heterocycles. The van der Waals surface area contributed by atoms with E-state index in [-0.39, 0.29) is 11.8 Å². The zero-order valence-corrected chi connectivity index (χ0v) is 9.53. The van der Waals surface area contributed by atoms with Gasteiger partial charge in [-0.3, -0.25) is 14.6 Å². The maximum Gasteiger partial charge on any atom is 0.233 e. The van der Waals surface area contributed by atoms with E-state index in [1.54, 1.807) is 18.5 Å². The lowest BCUT2D eigenvalue weighted by Crippen LogP contribution is -2.40. The minimum Gasteiger partial charge on any atom is -0.274 e. The van der Waals surface area contributed by atoms with Crippen molar-refractivity contribution in [2.45, 2.75) is 19.3 Å². The van der Waals surface area contributed by atoms with Gasteiger partial charge in [-0.2, -0.15) is 0 Å². The lowest BCUT2D eigenvalue weighted by atomic mass is 10.1. The number of rotatable bonds is 1. The number of halogens is 1. The number of carbonyl (C=O) groups is 2. The number of pyridine rings is 1. The quantitative estimate of drug-likeness (QED) is 0.731. The van der Waals surface area contributed by atoms with Crippen LogP contribution in [-0.4, -0.2) is 16.8 Å². The SMILES string of the molecule is O=C1CCCC(=O)N1c1ccncc1Br. The third kappa shape index (κ3) is 1.92. The van der Waals surface area contributed by atoms with Crippen LogP contribution >= 0.6 is 15.9 Å². The van der Waals surface area contributed by atoms with Crippen molar-refractivity contribution in [2.75, 3.05) is 4.90 Å². The molecule has 1 fully saturated rings. The normalized spacial score (nSPS) is 17.0. The molecule has 0 bridgehead atoms. The van der Waals surface area contributed by atoms with Crippen LogP contribution in [0.4, 0.5) is 5.69 Å². The molecule has 0 saturated carbocycles. The molecule has 1 aliphatic heterocycles. The molecular weight excluding hydrogens is 260 g/mol. The van der Waals surface area contributed by atoms with E-state index in [0.29, 0.717) is 29.4 Å². The molecule has 1 saturated heterocycles. The van der Waals surface area contributed by atoms with Crippen molar-refractivity contribution in [2.24, 2.45) is 0 Å². The molecule has 0 aliphatic carbocycles. The molecule has 2 heterocycles. The summed E-state index contributed by atoms with van der Waals surface area (Å²) in [7, 11) is 0. The maximum atomic E-state index is 11.6. The standard InChI is InChI=1S/C10H9BrN2O2/c11-7-6-12-5-4-8(7)13-9(14)2-1-3-10(13)15/h4-6H,1-3H2. The van der Waals surface area contributed by atoms with Crippen LogP contribution in [0.15, 0.2) is 22.9 Å². The predicted octanol–water partition coefficient (Wildman–Crippen LogP) is 1.89. The van der Waals surface area contributed by atoms with E-state index in [4.69, 9.17) is 0 Å². The van der Waals surface area contributed by atoms with Crippen LogP contribution < -0.4 is 4.90 Å². The Morgan fingerprint density at radius 1 is 1.27 bits per heavy atom. The highest BCUT2D eigenvalue weighted by Crippen LogP contribution is 2.28. The zero-order valence-electron chi connectivity index (χ0n) is 7.94. The fraction of sp³-hybridized carbons (Fsp3) is 0.300. The van der Waals surface area contributed by atoms with Crippen LogP contribution in [0, 0.1) is 0 Å². The van der Waals surface area contributed by atoms with E-state index in [1.165, 1.54) is 4.90 Å². The van der Waals surface area contributed by atoms with Crippen LogP contribution in [-0.2, 0) is 9.59 Å². The highest BCUT2D eigenvalue weighted by Gasteiger charge is 2.28. The van der Waals surface area contributed by atoms with Gasteiger partial charge in [0.1, 0.15) is 0 Å². The topological polar surface area (TPSA) is 50.3 Å². The maximum absolute atomic E-state index is 11.6. The molecule has 2 rings (SSSR count). The average Bonchev–Trinajstić information content (AvgIpc) is 2.20. The van der Waals surface area contributed by atoms with Crippen molar-refractivity contribution in [1.82, 2.24) is 4.98 Å². The number of nitrogens with zero attached hydrogens (tertiary/aromatic N) is 2. The number of carbonyl (C=O) groups excluding carboxylic acids is 2. The van der Waals surface area contributed by atoms with Crippen LogP contribution in [0.3, 0.4) is 0 Å². The number of anilines is 1. The van der Waals surface area contributed by atoms with Crippen LogP contribution in [0.25, 0.3) is 0 Å². The number of amides is 2. The minimum absolute atomic E-state index is 0.141. The summed E-state index contributed by atoms with van der Waals surface area (Å²) in [5.74, 6) is -0.281. The molecule has 0 N–H and O–H groups in total. The number of hydrogen-bond acceptors (Lipinski definition) is 3. The van der Waals surface area contributed by atoms with Crippen molar-refractivity contribution >= 4 is 33.4 Å². The highest BCUT2D eigenvalue weighted by molar-refractivity contribution is 9.10. The molecule has 1 aromatic rings. The molecule has 78 valence electrons. The molecule has 0 atom stereocenters. The second-order valence-electron chi connectivity index (χ2n) is 3.30. The van der Waals surface area contributed by atoms with Gasteiger partial charge in [0.05, 0.1) is 10.2 Å². The molecule has 15 heavy (non-hydrogen) atoms. The molecule has 4 nitrogen and oxygen atoms in total. The highest BCUT2D eigenvalue weighted by atomic mass is 79.9. The molecular formula is C10H9BrN2O2. The Kier molecular flexibility index (Phi) is 2.81. The summed E-state index contributed by atoms with van der Waals surface area (Å²) in [6.45, 7) is 0. The first-order valence-corrected chi connectivity index (χ1v) is 5.45. The third-order valence-corrected chi connectivity index (χ3v) is 2.88. The molecule has 1 aliphatic rings. The molecule has 0 aromatic carbocycles. The Balaban J connectivity index is 2.40. The molecule has 0 radical (unpaired) electrons. The molecule has 2 amide bonds. The molecule has 5 heteroatoms. The smallest absolute Gasteiger partial charge is 0.233 e. The molecule has 0 unspecified atom stereocenters. The van der Waals surface area contributed by atoms with Crippen molar-refractivity contribution in [3.63, 3.8) is 0 Å². The van der Waals surface area contributed by atoms with Crippen molar-refractivity contribution in [3.8, 4) is 0 Å². The first-order chi connectivity index (χ1) is 7.20. The van der Waals surface area contributed by atoms with Gasteiger partial charge in [0.15, 0.2) is 0 Å². The van der Waals surface area contributed by atoms with Crippen LogP contribution in [0.1, 0.15) is 19.3 Å². The van der Waals surface area contributed by atoms with E-state index in [1.807, 2.05) is 0 Å². The van der Waals surface area contributed by atoms with Crippen LogP contribution in [0.5, 0.6) is 0 Å². The largest absolute Gasteiger partial charge is 0.274 e. The fourth-order valence-electron chi connectivity index (χ4n) is 1.57. The first kappa shape index (κ1) is 10.3. The van der Waals surface area contributed by atoms with Gasteiger partial charge in [-0.1, -0.05) is 0 Å². The average molecular weight is 269 g/mol. The van der Waals surface area contributed by atoms with E-state index in [0.717, 1.165) is 0 Å². The Labute approximate surface area is 95.4 Å². The Bertz CT molecular complexity index is 404. The van der Waals surface area contributed by atoms with Crippen LogP contribution in [0.2, 0.25) is 0 Å². The Morgan fingerprint density at radius 2 is 1.93 bits per heavy atom. The monoisotopic (exact) mass is 268 g/mol. The van der Waals surface area contributed by atoms with Gasteiger partial charge in [0, 0.05) is 25.2 Å². The molecule has 0 spiro atoms. The van der Waals surface area contributed by atoms with Crippen molar-refractivity contribution in [1.29, 1.82) is 0 Å². The summed E-state index contributed by atoms with van der Waals surface area (Å²) in [5, 5.41) is 0. The number of aromatic nitrogens is 1. The van der Waals surface area contributed by atoms with Gasteiger partial charge in [-0.15, -0.1) is 0 Å². The van der Waals surface area contributed by atoms with E-state index in [9.17, 15) is 9.59 Å². The van der Waals surface area contributed by atoms with Gasteiger partial charge >= 0.3 is 0 Å². The minimum atomic E-state index is -0.141. The first-order valence-electron chi connectivity index (χ1n) is 4.65. The number of imide groups is 1. The third-order valence-electron chi connectivity index (χ3n) is 2.27. The fourth-order valence-corrected chi connectivity index (χ4v) is 2.00. The summed E-state index contributed by atoms with van der Waals surface area (Å²) in [6, 6.07) is 1.66. The van der Waals surface area contributed by atoms with Gasteiger partial charge in [0.2, 0.25) is 11.8 Å². The summed E-state index contributed by atoms with van der Waals surface area (Å²) in [5.41, 5.74) is 0.583. The zero-order chi connectivity index (χ0) is 10.8. The lowest BCUT2D eigenvalue weighted by Gasteiger charge is -2.25. The Morgan fingerprint density at radius 3 is 2.53 bits per heavy atom. The van der Waals surface area contributed by atoms with E-state index < -0.39 is 0 Å². The van der Waals surface area contributed by atoms with Gasteiger partial charge in [0.25, 0.3) is 0 Å². The van der Waals surface area contributed by atoms with Gasteiger partial charge in [-0.05, 0) is 28.4 Å². The Hall–Kier alpha value is -1.23. The predicted molar refractivity (Wildman–Crippen MR) is 58.3 cm³/mol. The van der Waals surface area contributed by atoms with Gasteiger partial charge < -0.3 is 0 Å². The lowest BCUT2D eigenvalue weighted by molar-refractivity contribution is -0.129.